The summed E-state index contributed by atoms with van der Waals surface area (Å²) < 4.78 is 5.36. The Morgan fingerprint density at radius 1 is 1.44 bits per heavy atom. The van der Waals surface area contributed by atoms with Crippen molar-refractivity contribution in [1.82, 2.24) is 4.90 Å². The molecule has 0 atom stereocenters. The van der Waals surface area contributed by atoms with Gasteiger partial charge in [0.25, 0.3) is 0 Å². The number of thioether (sulfide) groups is 1. The number of rotatable bonds is 7. The zero-order chi connectivity index (χ0) is 13.5. The molecule has 0 aliphatic carbocycles. The molecule has 3 nitrogen and oxygen atoms in total. The number of halogens is 1. The number of aromatic hydroxyl groups is 1. The second-order valence-corrected chi connectivity index (χ2v) is 5.48. The summed E-state index contributed by atoms with van der Waals surface area (Å²) in [4.78, 5) is 2.22. The van der Waals surface area contributed by atoms with Crippen molar-refractivity contribution < 1.29 is 9.84 Å². The third kappa shape index (κ3) is 4.59. The summed E-state index contributed by atoms with van der Waals surface area (Å²) in [5.41, 5.74) is 1.05. The number of phenolic OH excluding ortho intramolecular Hbond substituents is 1. The average Bonchev–Trinajstić information content (AvgIpc) is 2.33. The fourth-order valence-electron chi connectivity index (χ4n) is 1.62. The molecule has 0 fully saturated rings. The van der Waals surface area contributed by atoms with Crippen LogP contribution in [0, 0.1) is 0 Å². The van der Waals surface area contributed by atoms with E-state index in [2.05, 4.69) is 18.2 Å². The van der Waals surface area contributed by atoms with Crippen molar-refractivity contribution >= 4 is 23.4 Å². The number of ether oxygens (including phenoxy) is 1. The second-order valence-electron chi connectivity index (χ2n) is 4.09. The maximum Gasteiger partial charge on any atom is 0.176 e. The van der Waals surface area contributed by atoms with Gasteiger partial charge in [0, 0.05) is 18.8 Å². The topological polar surface area (TPSA) is 32.7 Å². The van der Waals surface area contributed by atoms with Crippen molar-refractivity contribution in [2.24, 2.45) is 0 Å². The summed E-state index contributed by atoms with van der Waals surface area (Å²) in [5, 5.41) is 10.1. The van der Waals surface area contributed by atoms with E-state index < -0.39 is 0 Å². The lowest BCUT2D eigenvalue weighted by atomic mass is 10.2. The van der Waals surface area contributed by atoms with Gasteiger partial charge in [-0.3, -0.25) is 0 Å². The highest BCUT2D eigenvalue weighted by Crippen LogP contribution is 2.35. The van der Waals surface area contributed by atoms with Gasteiger partial charge in [0.1, 0.15) is 0 Å². The number of phenols is 1. The van der Waals surface area contributed by atoms with Crippen LogP contribution in [-0.2, 0) is 6.54 Å². The van der Waals surface area contributed by atoms with Gasteiger partial charge in [0.05, 0.1) is 11.6 Å². The Hall–Kier alpha value is -0.580. The molecule has 0 saturated heterocycles. The molecular formula is C13H20ClNO2S. The van der Waals surface area contributed by atoms with Crippen LogP contribution < -0.4 is 4.74 Å². The third-order valence-corrected chi connectivity index (χ3v) is 3.40. The van der Waals surface area contributed by atoms with E-state index in [1.165, 1.54) is 0 Å². The lowest BCUT2D eigenvalue weighted by molar-refractivity contribution is 0.315. The lowest BCUT2D eigenvalue weighted by Gasteiger charge is -2.17. The van der Waals surface area contributed by atoms with Gasteiger partial charge in [-0.05, 0) is 37.9 Å². The Balaban J connectivity index is 2.76. The van der Waals surface area contributed by atoms with Crippen LogP contribution in [0.2, 0.25) is 5.02 Å². The molecular weight excluding hydrogens is 270 g/mol. The fraction of sp³-hybridized carbons (Fsp3) is 0.538. The van der Waals surface area contributed by atoms with Crippen LogP contribution >= 0.6 is 23.4 Å². The van der Waals surface area contributed by atoms with Crippen molar-refractivity contribution in [3.8, 4) is 11.5 Å². The van der Waals surface area contributed by atoms with E-state index in [-0.39, 0.29) is 5.75 Å². The Labute approximate surface area is 118 Å². The summed E-state index contributed by atoms with van der Waals surface area (Å²) in [6.45, 7) is 4.20. The third-order valence-electron chi connectivity index (χ3n) is 2.52. The van der Waals surface area contributed by atoms with Gasteiger partial charge in [0.15, 0.2) is 11.5 Å². The SMILES string of the molecule is CCOc1cc(CN(C)CCSC)cc(Cl)c1O. The van der Waals surface area contributed by atoms with Gasteiger partial charge < -0.3 is 14.7 Å². The molecule has 1 N–H and O–H groups in total. The predicted molar refractivity (Wildman–Crippen MR) is 79.0 cm³/mol. The molecule has 1 aromatic rings. The molecule has 18 heavy (non-hydrogen) atoms. The van der Waals surface area contributed by atoms with Crippen LogP contribution in [0.3, 0.4) is 0 Å². The molecule has 1 rings (SSSR count). The highest BCUT2D eigenvalue weighted by atomic mass is 35.5. The monoisotopic (exact) mass is 289 g/mol. The Morgan fingerprint density at radius 2 is 2.17 bits per heavy atom. The molecule has 0 spiro atoms. The molecule has 0 bridgehead atoms. The largest absolute Gasteiger partial charge is 0.503 e. The molecule has 0 heterocycles. The minimum atomic E-state index is 0.0223. The number of nitrogens with zero attached hydrogens (tertiary/aromatic N) is 1. The maximum atomic E-state index is 9.75. The first-order valence-electron chi connectivity index (χ1n) is 5.90. The smallest absolute Gasteiger partial charge is 0.176 e. The van der Waals surface area contributed by atoms with Crippen molar-refractivity contribution in [2.75, 3.05) is 32.2 Å². The molecule has 102 valence electrons. The van der Waals surface area contributed by atoms with E-state index in [9.17, 15) is 5.11 Å². The van der Waals surface area contributed by atoms with E-state index in [4.69, 9.17) is 16.3 Å². The van der Waals surface area contributed by atoms with Crippen molar-refractivity contribution in [3.63, 3.8) is 0 Å². The van der Waals surface area contributed by atoms with Crippen molar-refractivity contribution in [3.05, 3.63) is 22.7 Å². The zero-order valence-electron chi connectivity index (χ0n) is 11.1. The zero-order valence-corrected chi connectivity index (χ0v) is 12.6. The van der Waals surface area contributed by atoms with Crippen LogP contribution in [0.4, 0.5) is 0 Å². The molecule has 5 heteroatoms. The summed E-state index contributed by atoms with van der Waals surface area (Å²) in [6.07, 6.45) is 2.10. The first-order chi connectivity index (χ1) is 8.58. The van der Waals surface area contributed by atoms with Gasteiger partial charge in [-0.25, -0.2) is 0 Å². The molecule has 0 amide bonds. The van der Waals surface area contributed by atoms with E-state index in [1.807, 2.05) is 24.8 Å². The first-order valence-corrected chi connectivity index (χ1v) is 7.67. The molecule has 0 aliphatic rings. The summed E-state index contributed by atoms with van der Waals surface area (Å²) in [7, 11) is 2.07. The van der Waals surface area contributed by atoms with E-state index >= 15 is 0 Å². The highest BCUT2D eigenvalue weighted by molar-refractivity contribution is 7.98. The van der Waals surface area contributed by atoms with Gasteiger partial charge in [-0.1, -0.05) is 11.6 Å². The Bertz CT molecular complexity index is 387. The Kier molecular flexibility index (Phi) is 6.68. The van der Waals surface area contributed by atoms with Crippen LogP contribution in [0.1, 0.15) is 12.5 Å². The van der Waals surface area contributed by atoms with E-state index in [0.29, 0.717) is 17.4 Å². The highest BCUT2D eigenvalue weighted by Gasteiger charge is 2.10. The molecule has 0 radical (unpaired) electrons. The fourth-order valence-corrected chi connectivity index (χ4v) is 2.35. The Morgan fingerprint density at radius 3 is 2.78 bits per heavy atom. The second kappa shape index (κ2) is 7.77. The first kappa shape index (κ1) is 15.5. The van der Waals surface area contributed by atoms with Gasteiger partial charge in [0.2, 0.25) is 0 Å². The molecule has 0 saturated carbocycles. The van der Waals surface area contributed by atoms with E-state index in [1.54, 1.807) is 6.07 Å². The minimum Gasteiger partial charge on any atom is -0.503 e. The summed E-state index contributed by atoms with van der Waals surface area (Å²) in [6, 6.07) is 3.63. The summed E-state index contributed by atoms with van der Waals surface area (Å²) in [5.74, 6) is 1.58. The van der Waals surface area contributed by atoms with Gasteiger partial charge >= 0.3 is 0 Å². The predicted octanol–water partition coefficient (Wildman–Crippen LogP) is 3.24. The van der Waals surface area contributed by atoms with E-state index in [0.717, 1.165) is 24.4 Å². The lowest BCUT2D eigenvalue weighted by Crippen LogP contribution is -2.20. The van der Waals surface area contributed by atoms with Crippen LogP contribution in [0.15, 0.2) is 12.1 Å². The quantitative estimate of drug-likeness (QED) is 0.835. The van der Waals surface area contributed by atoms with Gasteiger partial charge in [-0.2, -0.15) is 11.8 Å². The number of benzene rings is 1. The normalized spacial score (nSPS) is 10.9. The number of hydrogen-bond acceptors (Lipinski definition) is 4. The molecule has 1 aromatic carbocycles. The van der Waals surface area contributed by atoms with Crippen molar-refractivity contribution in [1.29, 1.82) is 0 Å². The van der Waals surface area contributed by atoms with Crippen LogP contribution in [0.25, 0.3) is 0 Å². The average molecular weight is 290 g/mol. The van der Waals surface area contributed by atoms with Gasteiger partial charge in [-0.15, -0.1) is 0 Å². The van der Waals surface area contributed by atoms with Crippen molar-refractivity contribution in [2.45, 2.75) is 13.5 Å². The standard InChI is InChI=1S/C13H20ClNO2S/c1-4-17-12-8-10(7-11(14)13(12)16)9-15(2)5-6-18-3/h7-8,16H,4-6,9H2,1-3H3. The minimum absolute atomic E-state index is 0.0223. The van der Waals surface area contributed by atoms with Crippen LogP contribution in [0.5, 0.6) is 11.5 Å². The van der Waals surface area contributed by atoms with Crippen LogP contribution in [-0.4, -0.2) is 42.2 Å². The molecule has 0 aromatic heterocycles. The molecule has 0 unspecified atom stereocenters. The summed E-state index contributed by atoms with van der Waals surface area (Å²) >= 11 is 7.81. The number of hydrogen-bond donors (Lipinski definition) is 1. The maximum absolute atomic E-state index is 9.75. The molecule has 0 aliphatic heterocycles.